The molecule has 0 aromatic heterocycles. The quantitative estimate of drug-likeness (QED) is 0.609. The molecular formula is C12H20S4. The molecule has 0 aromatic rings. The Morgan fingerprint density at radius 1 is 0.688 bits per heavy atom. The molecule has 4 aliphatic heterocycles. The van der Waals surface area contributed by atoms with Crippen LogP contribution in [0.5, 0.6) is 0 Å². The van der Waals surface area contributed by atoms with Gasteiger partial charge in [0, 0.05) is 10.8 Å². The van der Waals surface area contributed by atoms with Crippen LogP contribution in [0.3, 0.4) is 0 Å². The predicted molar refractivity (Wildman–Crippen MR) is 82.3 cm³/mol. The summed E-state index contributed by atoms with van der Waals surface area (Å²) < 4.78 is 2.37. The molecule has 0 nitrogen and oxygen atoms in total. The summed E-state index contributed by atoms with van der Waals surface area (Å²) in [7, 11) is 0. The van der Waals surface area contributed by atoms with Gasteiger partial charge in [0.1, 0.15) is 0 Å². The number of hydrogen-bond donors (Lipinski definition) is 0. The minimum Gasteiger partial charge on any atom is -0.132 e. The minimum absolute atomic E-state index is 0.406. The molecule has 4 saturated heterocycles. The van der Waals surface area contributed by atoms with Gasteiger partial charge in [-0.3, -0.25) is 0 Å². The van der Waals surface area contributed by atoms with Crippen molar-refractivity contribution in [2.24, 2.45) is 10.8 Å². The Hall–Kier alpha value is 1.40. The summed E-state index contributed by atoms with van der Waals surface area (Å²) in [6.07, 6.45) is 0. The van der Waals surface area contributed by atoms with Gasteiger partial charge in [-0.15, -0.1) is 47.0 Å². The van der Waals surface area contributed by atoms with Crippen LogP contribution in [0.15, 0.2) is 0 Å². The van der Waals surface area contributed by atoms with Gasteiger partial charge in [-0.05, 0) is 13.8 Å². The Morgan fingerprint density at radius 3 is 1.38 bits per heavy atom. The van der Waals surface area contributed by atoms with E-state index in [1.807, 2.05) is 0 Å². The van der Waals surface area contributed by atoms with Gasteiger partial charge in [0.05, 0.1) is 17.3 Å². The van der Waals surface area contributed by atoms with Crippen molar-refractivity contribution < 1.29 is 0 Å². The van der Waals surface area contributed by atoms with E-state index in [2.05, 4.69) is 88.6 Å². The van der Waals surface area contributed by atoms with Crippen LogP contribution < -0.4 is 0 Å². The molecule has 4 unspecified atom stereocenters. The van der Waals surface area contributed by atoms with Crippen molar-refractivity contribution in [3.05, 3.63) is 0 Å². The topological polar surface area (TPSA) is 0 Å². The molecule has 0 aromatic carbocycles. The predicted octanol–water partition coefficient (Wildman–Crippen LogP) is 5.10. The molecule has 0 saturated carbocycles. The Morgan fingerprint density at radius 2 is 1.06 bits per heavy atom. The Kier molecular flexibility index (Phi) is 2.41. The van der Waals surface area contributed by atoms with Crippen LogP contribution in [0.4, 0.5) is 0 Å². The highest BCUT2D eigenvalue weighted by Gasteiger charge is 2.71. The molecule has 4 heteroatoms. The summed E-state index contributed by atoms with van der Waals surface area (Å²) in [5.41, 5.74) is 0.869. The molecule has 0 N–H and O–H groups in total. The summed E-state index contributed by atoms with van der Waals surface area (Å²) in [6.45, 7) is 14.8. The van der Waals surface area contributed by atoms with Gasteiger partial charge in [-0.25, -0.2) is 0 Å². The Balaban J connectivity index is 2.11. The summed E-state index contributed by atoms with van der Waals surface area (Å²) in [5, 5.41) is 0. The molecule has 0 spiro atoms. The maximum atomic E-state index is 2.48. The maximum absolute atomic E-state index is 2.48. The summed E-state index contributed by atoms with van der Waals surface area (Å²) >= 11 is 8.94. The Labute approximate surface area is 116 Å². The number of hydrogen-bond acceptors (Lipinski definition) is 4. The van der Waals surface area contributed by atoms with Crippen molar-refractivity contribution in [1.29, 1.82) is 0 Å². The zero-order chi connectivity index (χ0) is 12.0. The van der Waals surface area contributed by atoms with Crippen molar-refractivity contribution >= 4 is 47.0 Å². The smallest absolute Gasteiger partial charge is 0.0677 e. The lowest BCUT2D eigenvalue weighted by atomic mass is 9.88. The number of thioether (sulfide) groups is 4. The van der Waals surface area contributed by atoms with Gasteiger partial charge in [-0.1, -0.05) is 27.7 Å². The van der Waals surface area contributed by atoms with Crippen LogP contribution in [0.2, 0.25) is 0 Å². The van der Waals surface area contributed by atoms with Crippen LogP contribution in [-0.2, 0) is 0 Å². The van der Waals surface area contributed by atoms with Crippen molar-refractivity contribution in [2.75, 3.05) is 0 Å². The van der Waals surface area contributed by atoms with E-state index in [-0.39, 0.29) is 0 Å². The number of rotatable bonds is 0. The average Bonchev–Trinajstić information content (AvgIpc) is 2.07. The monoisotopic (exact) mass is 292 g/mol. The highest BCUT2D eigenvalue weighted by atomic mass is 32.3. The van der Waals surface area contributed by atoms with Crippen LogP contribution in [0.1, 0.15) is 41.5 Å². The molecule has 4 rings (SSSR count). The molecular weight excluding hydrogens is 272 g/mol. The second-order valence-electron chi connectivity index (χ2n) is 6.47. The van der Waals surface area contributed by atoms with E-state index >= 15 is 0 Å². The van der Waals surface area contributed by atoms with Crippen molar-refractivity contribution in [2.45, 2.75) is 58.9 Å². The fourth-order valence-corrected chi connectivity index (χ4v) is 13.8. The van der Waals surface area contributed by atoms with Gasteiger partial charge >= 0.3 is 0 Å². The van der Waals surface area contributed by atoms with Gasteiger partial charge in [-0.2, -0.15) is 0 Å². The second-order valence-corrected chi connectivity index (χ2v) is 13.7. The molecule has 4 heterocycles. The second kappa shape index (κ2) is 3.10. The van der Waals surface area contributed by atoms with Gasteiger partial charge in [0.15, 0.2) is 0 Å². The fourth-order valence-electron chi connectivity index (χ4n) is 2.63. The highest BCUT2D eigenvalue weighted by molar-refractivity contribution is 8.37. The summed E-state index contributed by atoms with van der Waals surface area (Å²) in [5.74, 6) is 0. The maximum Gasteiger partial charge on any atom is 0.0677 e. The first-order valence-electron chi connectivity index (χ1n) is 5.84. The molecule has 0 aliphatic carbocycles. The van der Waals surface area contributed by atoms with Crippen molar-refractivity contribution in [1.82, 2.24) is 0 Å². The van der Waals surface area contributed by atoms with Crippen molar-refractivity contribution in [3.63, 3.8) is 0 Å². The van der Waals surface area contributed by atoms with E-state index in [0.717, 1.165) is 9.16 Å². The first-order valence-corrected chi connectivity index (χ1v) is 9.36. The Bertz CT molecular complexity index is 319. The zero-order valence-corrected chi connectivity index (χ0v) is 14.1. The first-order chi connectivity index (χ1) is 7.12. The third-order valence-corrected chi connectivity index (χ3v) is 14.2. The lowest BCUT2D eigenvalue weighted by Gasteiger charge is -2.71. The largest absolute Gasteiger partial charge is 0.132 e. The van der Waals surface area contributed by atoms with Crippen LogP contribution in [0, 0.1) is 10.8 Å². The molecule has 4 bridgehead atoms. The first kappa shape index (κ1) is 12.4. The third kappa shape index (κ3) is 1.21. The highest BCUT2D eigenvalue weighted by Crippen LogP contribution is 2.83. The molecule has 92 valence electrons. The minimum atomic E-state index is 0.406. The van der Waals surface area contributed by atoms with Gasteiger partial charge < -0.3 is 0 Å². The molecule has 0 radical (unpaired) electrons. The summed E-state index contributed by atoms with van der Waals surface area (Å²) in [6, 6.07) is 0. The SMILES string of the molecule is CC12SC3SC(SC(C)(S1)C3(C)C)C2(C)C. The fraction of sp³-hybridized carbons (Fsp3) is 1.00. The van der Waals surface area contributed by atoms with Crippen LogP contribution in [0.25, 0.3) is 0 Å². The third-order valence-electron chi connectivity index (χ3n) is 4.82. The zero-order valence-electron chi connectivity index (χ0n) is 10.8. The van der Waals surface area contributed by atoms with Crippen molar-refractivity contribution in [3.8, 4) is 0 Å². The molecule has 4 aliphatic rings. The molecule has 4 fully saturated rings. The van der Waals surface area contributed by atoms with E-state index in [9.17, 15) is 0 Å². The van der Waals surface area contributed by atoms with Crippen LogP contribution >= 0.6 is 47.0 Å². The van der Waals surface area contributed by atoms with E-state index < -0.39 is 0 Å². The van der Waals surface area contributed by atoms with E-state index in [0.29, 0.717) is 19.0 Å². The molecule has 16 heavy (non-hydrogen) atoms. The van der Waals surface area contributed by atoms with E-state index in [1.165, 1.54) is 0 Å². The normalized spacial score (nSPS) is 56.6. The standard InChI is InChI=1S/C12H20S4/c1-9(2)7-13-8-10(3,4)12(6,14-7)16-11(9,5)15-8/h7-8H,1-6H3. The van der Waals surface area contributed by atoms with E-state index in [1.54, 1.807) is 0 Å². The van der Waals surface area contributed by atoms with Crippen LogP contribution in [-0.4, -0.2) is 17.3 Å². The van der Waals surface area contributed by atoms with Gasteiger partial charge in [0.2, 0.25) is 0 Å². The lowest BCUT2D eigenvalue weighted by Crippen LogP contribution is -2.65. The van der Waals surface area contributed by atoms with E-state index in [4.69, 9.17) is 0 Å². The average molecular weight is 293 g/mol. The molecule has 0 amide bonds. The van der Waals surface area contributed by atoms with Gasteiger partial charge in [0.25, 0.3) is 0 Å². The summed E-state index contributed by atoms with van der Waals surface area (Å²) in [4.78, 5) is 0. The molecule has 4 atom stereocenters. The lowest BCUT2D eigenvalue weighted by molar-refractivity contribution is 0.300.